The monoisotopic (exact) mass is 308 g/mol. The molecule has 0 aliphatic carbocycles. The van der Waals surface area contributed by atoms with E-state index < -0.39 is 0 Å². The van der Waals surface area contributed by atoms with Crippen LogP contribution in [0.4, 0.5) is 0 Å². The van der Waals surface area contributed by atoms with Crippen molar-refractivity contribution >= 4 is 5.91 Å². The molecular weight excluding hydrogens is 284 g/mol. The fraction of sp³-hybridized carbons (Fsp3) is 0.857. The second-order valence-corrected chi connectivity index (χ2v) is 6.37. The predicted molar refractivity (Wildman–Crippen MR) is 78.8 cm³/mol. The fourth-order valence-electron chi connectivity index (χ4n) is 3.52. The SMILES string of the molecule is O=C(Cn1cnnn1)N1C[C@@H](CO)[C@@H](CN2CCCCC2)C1. The lowest BCUT2D eigenvalue weighted by atomic mass is 9.95. The minimum atomic E-state index is 0.0203. The average Bonchev–Trinajstić information content (AvgIpc) is 3.18. The Morgan fingerprint density at radius 2 is 1.95 bits per heavy atom. The van der Waals surface area contributed by atoms with E-state index in [1.165, 1.54) is 30.3 Å². The van der Waals surface area contributed by atoms with Gasteiger partial charge in [0.05, 0.1) is 0 Å². The van der Waals surface area contributed by atoms with E-state index in [1.807, 2.05) is 4.90 Å². The highest BCUT2D eigenvalue weighted by Gasteiger charge is 2.35. The molecule has 8 nitrogen and oxygen atoms in total. The van der Waals surface area contributed by atoms with Gasteiger partial charge in [-0.05, 0) is 42.3 Å². The number of tetrazole rings is 1. The highest BCUT2D eigenvalue weighted by molar-refractivity contribution is 5.76. The Labute approximate surface area is 130 Å². The van der Waals surface area contributed by atoms with Crippen molar-refractivity contribution in [1.29, 1.82) is 0 Å². The normalized spacial score (nSPS) is 26.5. The van der Waals surface area contributed by atoms with E-state index in [0.717, 1.165) is 26.2 Å². The summed E-state index contributed by atoms with van der Waals surface area (Å²) in [5.41, 5.74) is 0. The van der Waals surface area contributed by atoms with E-state index in [1.54, 1.807) is 0 Å². The van der Waals surface area contributed by atoms with E-state index in [9.17, 15) is 9.90 Å². The molecular formula is C14H24N6O2. The lowest BCUT2D eigenvalue weighted by Crippen LogP contribution is -2.37. The summed E-state index contributed by atoms with van der Waals surface area (Å²) < 4.78 is 1.44. The van der Waals surface area contributed by atoms with Crippen LogP contribution in [0.3, 0.4) is 0 Å². The van der Waals surface area contributed by atoms with Crippen LogP contribution >= 0.6 is 0 Å². The van der Waals surface area contributed by atoms with Gasteiger partial charge in [0.25, 0.3) is 0 Å². The zero-order valence-electron chi connectivity index (χ0n) is 12.8. The van der Waals surface area contributed by atoms with Gasteiger partial charge in [-0.2, -0.15) is 0 Å². The quantitative estimate of drug-likeness (QED) is 0.768. The number of hydrogen-bond donors (Lipinski definition) is 1. The van der Waals surface area contributed by atoms with Crippen LogP contribution in [0, 0.1) is 11.8 Å². The number of rotatable bonds is 5. The summed E-state index contributed by atoms with van der Waals surface area (Å²) in [7, 11) is 0. The lowest BCUT2D eigenvalue weighted by Gasteiger charge is -2.30. The molecule has 1 aromatic rings. The smallest absolute Gasteiger partial charge is 0.244 e. The number of carbonyl (C=O) groups is 1. The highest BCUT2D eigenvalue weighted by Crippen LogP contribution is 2.25. The highest BCUT2D eigenvalue weighted by atomic mass is 16.3. The second kappa shape index (κ2) is 7.15. The van der Waals surface area contributed by atoms with Crippen LogP contribution in [-0.2, 0) is 11.3 Å². The number of hydrogen-bond acceptors (Lipinski definition) is 6. The van der Waals surface area contributed by atoms with Gasteiger partial charge in [0.1, 0.15) is 12.9 Å². The number of aromatic nitrogens is 4. The Hall–Kier alpha value is -1.54. The summed E-state index contributed by atoms with van der Waals surface area (Å²) in [5, 5.41) is 20.4. The van der Waals surface area contributed by atoms with Gasteiger partial charge >= 0.3 is 0 Å². The minimum Gasteiger partial charge on any atom is -0.396 e. The first-order valence-corrected chi connectivity index (χ1v) is 8.08. The Morgan fingerprint density at radius 1 is 1.18 bits per heavy atom. The first kappa shape index (κ1) is 15.4. The predicted octanol–water partition coefficient (Wildman–Crippen LogP) is -0.774. The summed E-state index contributed by atoms with van der Waals surface area (Å²) in [5.74, 6) is 0.563. The molecule has 0 aromatic carbocycles. The number of nitrogens with zero attached hydrogens (tertiary/aromatic N) is 6. The lowest BCUT2D eigenvalue weighted by molar-refractivity contribution is -0.131. The van der Waals surface area contributed by atoms with Crippen molar-refractivity contribution in [3.8, 4) is 0 Å². The van der Waals surface area contributed by atoms with Crippen molar-refractivity contribution in [2.24, 2.45) is 11.8 Å². The van der Waals surface area contributed by atoms with E-state index in [2.05, 4.69) is 20.4 Å². The van der Waals surface area contributed by atoms with Crippen LogP contribution in [0.2, 0.25) is 0 Å². The van der Waals surface area contributed by atoms with Gasteiger partial charge in [-0.15, -0.1) is 5.10 Å². The molecule has 2 atom stereocenters. The zero-order chi connectivity index (χ0) is 15.4. The summed E-state index contributed by atoms with van der Waals surface area (Å²) in [6, 6.07) is 0. The number of carbonyl (C=O) groups excluding carboxylic acids is 1. The molecule has 2 aliphatic rings. The van der Waals surface area contributed by atoms with Crippen LogP contribution in [0.25, 0.3) is 0 Å². The summed E-state index contributed by atoms with van der Waals surface area (Å²) in [4.78, 5) is 16.6. The molecule has 2 aliphatic heterocycles. The Kier molecular flexibility index (Phi) is 4.99. The maximum Gasteiger partial charge on any atom is 0.244 e. The van der Waals surface area contributed by atoms with Gasteiger partial charge in [-0.3, -0.25) is 4.79 Å². The zero-order valence-corrected chi connectivity index (χ0v) is 12.8. The first-order chi connectivity index (χ1) is 10.8. The molecule has 3 rings (SSSR count). The molecule has 1 amide bonds. The fourth-order valence-corrected chi connectivity index (χ4v) is 3.52. The molecule has 3 heterocycles. The number of aliphatic hydroxyl groups excluding tert-OH is 1. The van der Waals surface area contributed by atoms with Crippen molar-refractivity contribution in [2.75, 3.05) is 39.3 Å². The number of piperidine rings is 1. The van der Waals surface area contributed by atoms with Gasteiger partial charge in [0.2, 0.25) is 5.91 Å². The molecule has 0 radical (unpaired) electrons. The molecule has 1 N–H and O–H groups in total. The van der Waals surface area contributed by atoms with Crippen LogP contribution in [0.1, 0.15) is 19.3 Å². The first-order valence-electron chi connectivity index (χ1n) is 8.08. The third kappa shape index (κ3) is 3.61. The molecule has 0 unspecified atom stereocenters. The topological polar surface area (TPSA) is 87.4 Å². The van der Waals surface area contributed by atoms with Crippen LogP contribution < -0.4 is 0 Å². The number of amides is 1. The van der Waals surface area contributed by atoms with E-state index in [4.69, 9.17) is 0 Å². The van der Waals surface area contributed by atoms with Crippen LogP contribution in [0.5, 0.6) is 0 Å². The standard InChI is InChI=1S/C14H24N6O2/c21-10-13-8-19(14(22)9-20-11-15-16-17-20)7-12(13)6-18-4-2-1-3-5-18/h11-13,21H,1-10H2/t12-,13-/m0/s1. The van der Waals surface area contributed by atoms with Crippen molar-refractivity contribution in [2.45, 2.75) is 25.8 Å². The Bertz CT molecular complexity index is 474. The maximum atomic E-state index is 12.3. The maximum absolute atomic E-state index is 12.3. The minimum absolute atomic E-state index is 0.0203. The van der Waals surface area contributed by atoms with Gasteiger partial charge in [0.15, 0.2) is 0 Å². The summed E-state index contributed by atoms with van der Waals surface area (Å²) >= 11 is 0. The van der Waals surface area contributed by atoms with Gasteiger partial charge in [-0.25, -0.2) is 4.68 Å². The Balaban J connectivity index is 1.55. The number of aliphatic hydroxyl groups is 1. The van der Waals surface area contributed by atoms with E-state index >= 15 is 0 Å². The van der Waals surface area contributed by atoms with Gasteiger partial charge < -0.3 is 14.9 Å². The molecule has 8 heteroatoms. The van der Waals surface area contributed by atoms with Crippen molar-refractivity contribution < 1.29 is 9.90 Å². The van der Waals surface area contributed by atoms with Crippen LogP contribution in [-0.4, -0.2) is 80.4 Å². The second-order valence-electron chi connectivity index (χ2n) is 6.37. The van der Waals surface area contributed by atoms with Crippen molar-refractivity contribution in [3.63, 3.8) is 0 Å². The molecule has 0 spiro atoms. The molecule has 1 aromatic heterocycles. The molecule has 2 saturated heterocycles. The third-order valence-electron chi connectivity index (χ3n) is 4.79. The largest absolute Gasteiger partial charge is 0.396 e. The van der Waals surface area contributed by atoms with E-state index in [0.29, 0.717) is 12.5 Å². The van der Waals surface area contributed by atoms with E-state index in [-0.39, 0.29) is 25.0 Å². The van der Waals surface area contributed by atoms with Crippen LogP contribution in [0.15, 0.2) is 6.33 Å². The molecule has 122 valence electrons. The molecule has 0 bridgehead atoms. The van der Waals surface area contributed by atoms with Gasteiger partial charge in [0, 0.05) is 32.2 Å². The van der Waals surface area contributed by atoms with Gasteiger partial charge in [-0.1, -0.05) is 6.42 Å². The third-order valence-corrected chi connectivity index (χ3v) is 4.79. The molecule has 22 heavy (non-hydrogen) atoms. The molecule has 0 saturated carbocycles. The average molecular weight is 308 g/mol. The summed E-state index contributed by atoms with van der Waals surface area (Å²) in [6.07, 6.45) is 5.29. The van der Waals surface area contributed by atoms with Crippen molar-refractivity contribution in [3.05, 3.63) is 6.33 Å². The number of likely N-dealkylation sites (tertiary alicyclic amines) is 2. The molecule has 2 fully saturated rings. The Morgan fingerprint density at radius 3 is 2.64 bits per heavy atom. The summed E-state index contributed by atoms with van der Waals surface area (Å²) in [6.45, 7) is 4.95. The van der Waals surface area contributed by atoms with Crippen molar-refractivity contribution in [1.82, 2.24) is 30.0 Å².